The second kappa shape index (κ2) is 21.5. The minimum atomic E-state index is -0.879. The van der Waals surface area contributed by atoms with Crippen molar-refractivity contribution in [3.8, 4) is 0 Å². The Morgan fingerprint density at radius 1 is 0.690 bits per heavy atom. The first-order chi connectivity index (χ1) is 13.9. The fourth-order valence-electron chi connectivity index (χ4n) is 1.39. The maximum atomic E-state index is 10.2. The number of aromatic carboxylic acids is 2. The predicted octanol–water partition coefficient (Wildman–Crippen LogP) is 2.15. The molecule has 2 rings (SSSR count). The molecule has 0 aromatic heterocycles. The zero-order valence-electron chi connectivity index (χ0n) is 16.5. The fourth-order valence-corrected chi connectivity index (χ4v) is 1.39. The summed E-state index contributed by atoms with van der Waals surface area (Å²) in [6.07, 6.45) is 0.875. The van der Waals surface area contributed by atoms with Crippen LogP contribution < -0.4 is 0 Å². The fraction of sp³-hybridized carbons (Fsp3) is 0.333. The number of hydrogen-bond donors (Lipinski definition) is 5. The summed E-state index contributed by atoms with van der Waals surface area (Å²) in [7, 11) is 0. The quantitative estimate of drug-likeness (QED) is 0.437. The second-order valence-electron chi connectivity index (χ2n) is 5.13. The third kappa shape index (κ3) is 19.8. The molecule has 5 N–H and O–H groups in total. The topological polar surface area (TPSA) is 145 Å². The molecule has 0 unspecified atom stereocenters. The first-order valence-electron chi connectivity index (χ1n) is 8.91. The van der Waals surface area contributed by atoms with E-state index in [1.54, 1.807) is 60.7 Å². The van der Waals surface area contributed by atoms with Crippen LogP contribution in [0.3, 0.4) is 0 Å². The molecular formula is C21H30O8. The van der Waals surface area contributed by atoms with Gasteiger partial charge >= 0.3 is 11.9 Å². The number of carbonyl (C=O) groups is 2. The number of aliphatic hydroxyl groups excluding tert-OH is 3. The SMILES string of the molecule is CCCO.O=C(O)c1ccccc1.O=C(O)c1ccccc1.OCCOCCO. The van der Waals surface area contributed by atoms with Crippen LogP contribution in [0.25, 0.3) is 0 Å². The lowest BCUT2D eigenvalue weighted by molar-refractivity contribution is 0.0650. The van der Waals surface area contributed by atoms with E-state index in [2.05, 4.69) is 4.74 Å². The summed E-state index contributed by atoms with van der Waals surface area (Å²) in [4.78, 5) is 20.4. The molecule has 0 radical (unpaired) electrons. The number of aliphatic hydroxyl groups is 3. The van der Waals surface area contributed by atoms with E-state index in [4.69, 9.17) is 25.5 Å². The Labute approximate surface area is 170 Å². The van der Waals surface area contributed by atoms with Gasteiger partial charge in [-0.15, -0.1) is 0 Å². The summed E-state index contributed by atoms with van der Waals surface area (Å²) in [5.74, 6) is -1.76. The number of carboxylic acid groups (broad SMARTS) is 2. The number of rotatable bonds is 7. The van der Waals surface area contributed by atoms with Crippen LogP contribution >= 0.6 is 0 Å². The molecule has 162 valence electrons. The van der Waals surface area contributed by atoms with Gasteiger partial charge in [0.2, 0.25) is 0 Å². The second-order valence-corrected chi connectivity index (χ2v) is 5.13. The van der Waals surface area contributed by atoms with E-state index >= 15 is 0 Å². The average molecular weight is 410 g/mol. The molecule has 0 saturated heterocycles. The van der Waals surface area contributed by atoms with Gasteiger partial charge in [0.05, 0.1) is 37.6 Å². The lowest BCUT2D eigenvalue weighted by atomic mass is 10.2. The van der Waals surface area contributed by atoms with Gasteiger partial charge in [-0.3, -0.25) is 0 Å². The number of carboxylic acids is 2. The highest BCUT2D eigenvalue weighted by Gasteiger charge is 1.97. The Balaban J connectivity index is 0. The zero-order valence-corrected chi connectivity index (χ0v) is 16.5. The van der Waals surface area contributed by atoms with Gasteiger partial charge in [-0.2, -0.15) is 0 Å². The van der Waals surface area contributed by atoms with Gasteiger partial charge in [0.1, 0.15) is 0 Å². The molecule has 0 aliphatic carbocycles. The number of benzene rings is 2. The van der Waals surface area contributed by atoms with E-state index in [-0.39, 0.29) is 13.2 Å². The van der Waals surface area contributed by atoms with E-state index in [1.807, 2.05) is 6.92 Å². The molecule has 0 saturated carbocycles. The van der Waals surface area contributed by atoms with Crippen LogP contribution in [0.1, 0.15) is 34.1 Å². The molecule has 0 fully saturated rings. The summed E-state index contributed by atoms with van der Waals surface area (Å²) in [6.45, 7) is 2.95. The van der Waals surface area contributed by atoms with Gasteiger partial charge in [0, 0.05) is 6.61 Å². The zero-order chi connectivity index (χ0) is 22.3. The Morgan fingerprint density at radius 3 is 1.17 bits per heavy atom. The molecule has 29 heavy (non-hydrogen) atoms. The molecule has 0 aliphatic rings. The Hall–Kier alpha value is -2.78. The van der Waals surface area contributed by atoms with Crippen molar-refractivity contribution in [2.45, 2.75) is 13.3 Å². The van der Waals surface area contributed by atoms with Gasteiger partial charge in [0.25, 0.3) is 0 Å². The lowest BCUT2D eigenvalue weighted by Crippen LogP contribution is -2.03. The van der Waals surface area contributed by atoms with Gasteiger partial charge in [-0.05, 0) is 30.7 Å². The lowest BCUT2D eigenvalue weighted by Gasteiger charge is -1.94. The molecule has 2 aromatic rings. The minimum absolute atomic E-state index is 0.0278. The molecule has 0 aliphatic heterocycles. The highest BCUT2D eigenvalue weighted by atomic mass is 16.5. The van der Waals surface area contributed by atoms with Crippen LogP contribution in [0, 0.1) is 0 Å². The summed E-state index contributed by atoms with van der Waals surface area (Å²) < 4.78 is 4.63. The van der Waals surface area contributed by atoms with Gasteiger partial charge in [-0.1, -0.05) is 43.3 Å². The average Bonchev–Trinajstić information content (AvgIpc) is 2.76. The molecule has 8 nitrogen and oxygen atoms in total. The molecule has 0 atom stereocenters. The Morgan fingerprint density at radius 2 is 1.00 bits per heavy atom. The van der Waals surface area contributed by atoms with E-state index in [9.17, 15) is 9.59 Å². The standard InChI is InChI=1S/2C7H6O2.C4H10O3.C3H8O/c2*8-7(9)6-4-2-1-3-5-6;5-1-3-7-4-2-6;1-2-3-4/h2*1-5H,(H,8,9);5-6H,1-4H2;4H,2-3H2,1H3. The van der Waals surface area contributed by atoms with Gasteiger partial charge in [0.15, 0.2) is 0 Å². The van der Waals surface area contributed by atoms with Crippen LogP contribution in [0.5, 0.6) is 0 Å². The van der Waals surface area contributed by atoms with Crippen molar-refractivity contribution in [2.75, 3.05) is 33.0 Å². The van der Waals surface area contributed by atoms with Crippen LogP contribution in [-0.4, -0.2) is 70.5 Å². The molecule has 0 heterocycles. The van der Waals surface area contributed by atoms with Gasteiger partial charge in [-0.25, -0.2) is 9.59 Å². The third-order valence-corrected chi connectivity index (χ3v) is 2.74. The summed E-state index contributed by atoms with van der Waals surface area (Å²) in [5, 5.41) is 40.8. The third-order valence-electron chi connectivity index (χ3n) is 2.74. The van der Waals surface area contributed by atoms with E-state index < -0.39 is 11.9 Å². The highest BCUT2D eigenvalue weighted by molar-refractivity contribution is 5.87. The Bertz CT molecular complexity index is 562. The smallest absolute Gasteiger partial charge is 0.335 e. The van der Waals surface area contributed by atoms with Crippen molar-refractivity contribution in [1.82, 2.24) is 0 Å². The normalized spacial score (nSPS) is 8.83. The van der Waals surface area contributed by atoms with Crippen molar-refractivity contribution < 1.29 is 39.9 Å². The van der Waals surface area contributed by atoms with Crippen LogP contribution in [0.2, 0.25) is 0 Å². The molecule has 0 spiro atoms. The monoisotopic (exact) mass is 410 g/mol. The Kier molecular flexibility index (Phi) is 21.1. The summed E-state index contributed by atoms with van der Waals surface area (Å²) in [6, 6.07) is 16.6. The van der Waals surface area contributed by atoms with E-state index in [0.717, 1.165) is 6.42 Å². The van der Waals surface area contributed by atoms with Crippen LogP contribution in [0.15, 0.2) is 60.7 Å². The minimum Gasteiger partial charge on any atom is -0.478 e. The van der Waals surface area contributed by atoms with Crippen molar-refractivity contribution in [3.63, 3.8) is 0 Å². The summed E-state index contributed by atoms with van der Waals surface area (Å²) in [5.41, 5.74) is 0.662. The molecule has 0 bridgehead atoms. The van der Waals surface area contributed by atoms with Crippen LogP contribution in [-0.2, 0) is 4.74 Å². The predicted molar refractivity (Wildman–Crippen MR) is 109 cm³/mol. The highest BCUT2D eigenvalue weighted by Crippen LogP contribution is 1.96. The largest absolute Gasteiger partial charge is 0.478 e. The summed E-state index contributed by atoms with van der Waals surface area (Å²) >= 11 is 0. The van der Waals surface area contributed by atoms with Crippen molar-refractivity contribution >= 4 is 11.9 Å². The first kappa shape index (κ1) is 28.4. The van der Waals surface area contributed by atoms with Crippen molar-refractivity contribution in [3.05, 3.63) is 71.8 Å². The van der Waals surface area contributed by atoms with Crippen LogP contribution in [0.4, 0.5) is 0 Å². The van der Waals surface area contributed by atoms with Gasteiger partial charge < -0.3 is 30.3 Å². The van der Waals surface area contributed by atoms with Crippen molar-refractivity contribution in [2.24, 2.45) is 0 Å². The maximum Gasteiger partial charge on any atom is 0.335 e. The van der Waals surface area contributed by atoms with Crippen molar-refractivity contribution in [1.29, 1.82) is 0 Å². The first-order valence-corrected chi connectivity index (χ1v) is 8.91. The molecule has 8 heteroatoms. The van der Waals surface area contributed by atoms with E-state index in [1.165, 1.54) is 0 Å². The maximum absolute atomic E-state index is 10.2. The number of hydrogen-bond acceptors (Lipinski definition) is 6. The molecular weight excluding hydrogens is 380 g/mol. The molecule has 0 amide bonds. The number of ether oxygens (including phenoxy) is 1. The molecule has 2 aromatic carbocycles. The van der Waals surface area contributed by atoms with E-state index in [0.29, 0.717) is 30.9 Å².